The van der Waals surface area contributed by atoms with Crippen molar-refractivity contribution in [1.82, 2.24) is 4.57 Å². The Bertz CT molecular complexity index is 1280. The summed E-state index contributed by atoms with van der Waals surface area (Å²) in [5.74, 6) is 0.576. The summed E-state index contributed by atoms with van der Waals surface area (Å²) < 4.78 is 2.39. The second-order valence-electron chi connectivity index (χ2n) is 7.85. The summed E-state index contributed by atoms with van der Waals surface area (Å²) in [6.45, 7) is 4.56. The first-order valence-electron chi connectivity index (χ1n) is 10.4. The lowest BCUT2D eigenvalue weighted by Crippen LogP contribution is -1.95. The van der Waals surface area contributed by atoms with Crippen molar-refractivity contribution in [3.63, 3.8) is 0 Å². The average molecular weight is 376 g/mol. The van der Waals surface area contributed by atoms with Crippen LogP contribution in [-0.4, -0.2) is 4.57 Å². The normalized spacial score (nSPS) is 12.5. The molecule has 0 saturated carbocycles. The van der Waals surface area contributed by atoms with Crippen molar-refractivity contribution in [3.8, 4) is 16.8 Å². The monoisotopic (exact) mass is 375 g/mol. The number of hydrogen-bond acceptors (Lipinski definition) is 0. The van der Waals surface area contributed by atoms with E-state index in [9.17, 15) is 0 Å². The Hall–Kier alpha value is -3.32. The Morgan fingerprint density at radius 1 is 0.655 bits per heavy atom. The van der Waals surface area contributed by atoms with Crippen LogP contribution in [0.4, 0.5) is 0 Å². The number of rotatable bonds is 4. The number of nitrogens with zero attached hydrogens (tertiary/aromatic N) is 1. The van der Waals surface area contributed by atoms with Crippen molar-refractivity contribution >= 4 is 21.8 Å². The summed E-state index contributed by atoms with van der Waals surface area (Å²) in [7, 11) is 0. The van der Waals surface area contributed by atoms with Crippen molar-refractivity contribution in [1.29, 1.82) is 0 Å². The SMILES string of the molecule is CCC(C)c1ccc2c(c1)c1ccccc1n2-c1ccc(-c2ccccc2)cc1. The molecule has 1 atom stereocenters. The van der Waals surface area contributed by atoms with Crippen LogP contribution >= 0.6 is 0 Å². The van der Waals surface area contributed by atoms with Gasteiger partial charge in [0.15, 0.2) is 0 Å². The molecule has 4 aromatic carbocycles. The third-order valence-electron chi connectivity index (χ3n) is 6.11. The van der Waals surface area contributed by atoms with Gasteiger partial charge in [0.1, 0.15) is 0 Å². The maximum Gasteiger partial charge on any atom is 0.0541 e. The predicted molar refractivity (Wildman–Crippen MR) is 125 cm³/mol. The van der Waals surface area contributed by atoms with E-state index in [0.717, 1.165) is 6.42 Å². The van der Waals surface area contributed by atoms with Crippen LogP contribution in [-0.2, 0) is 0 Å². The smallest absolute Gasteiger partial charge is 0.0541 e. The fourth-order valence-electron chi connectivity index (χ4n) is 4.24. The highest BCUT2D eigenvalue weighted by molar-refractivity contribution is 6.09. The zero-order chi connectivity index (χ0) is 19.8. The maximum absolute atomic E-state index is 2.39. The van der Waals surface area contributed by atoms with E-state index in [1.807, 2.05) is 0 Å². The van der Waals surface area contributed by atoms with Crippen LogP contribution in [0.25, 0.3) is 38.6 Å². The Balaban J connectivity index is 1.69. The topological polar surface area (TPSA) is 4.93 Å². The van der Waals surface area contributed by atoms with Crippen molar-refractivity contribution in [2.45, 2.75) is 26.2 Å². The average Bonchev–Trinajstić information content (AvgIpc) is 3.13. The molecule has 142 valence electrons. The summed E-state index contributed by atoms with van der Waals surface area (Å²) in [5.41, 5.74) is 7.64. The molecule has 0 aliphatic carbocycles. The molecule has 5 rings (SSSR count). The molecule has 1 aromatic heterocycles. The Morgan fingerprint density at radius 2 is 1.31 bits per heavy atom. The van der Waals surface area contributed by atoms with Crippen LogP contribution in [0.5, 0.6) is 0 Å². The van der Waals surface area contributed by atoms with E-state index in [1.165, 1.54) is 44.2 Å². The lowest BCUT2D eigenvalue weighted by atomic mass is 9.97. The Morgan fingerprint density at radius 3 is 2.07 bits per heavy atom. The molecular weight excluding hydrogens is 350 g/mol. The molecule has 0 spiro atoms. The third-order valence-corrected chi connectivity index (χ3v) is 6.11. The second-order valence-corrected chi connectivity index (χ2v) is 7.85. The van der Waals surface area contributed by atoms with Gasteiger partial charge in [-0.2, -0.15) is 0 Å². The van der Waals surface area contributed by atoms with E-state index in [2.05, 4.69) is 115 Å². The fraction of sp³-hybridized carbons (Fsp3) is 0.143. The Labute approximate surface area is 172 Å². The van der Waals surface area contributed by atoms with Crippen LogP contribution < -0.4 is 0 Å². The Kier molecular flexibility index (Phi) is 4.44. The molecule has 1 heterocycles. The lowest BCUT2D eigenvalue weighted by Gasteiger charge is -2.11. The summed E-state index contributed by atoms with van der Waals surface area (Å²) in [4.78, 5) is 0. The molecule has 29 heavy (non-hydrogen) atoms. The first kappa shape index (κ1) is 17.8. The van der Waals surface area contributed by atoms with Gasteiger partial charge in [0.25, 0.3) is 0 Å². The quantitative estimate of drug-likeness (QED) is 0.300. The van der Waals surface area contributed by atoms with E-state index >= 15 is 0 Å². The minimum Gasteiger partial charge on any atom is -0.309 e. The van der Waals surface area contributed by atoms with Gasteiger partial charge in [-0.1, -0.05) is 80.6 Å². The van der Waals surface area contributed by atoms with Gasteiger partial charge in [-0.3, -0.25) is 0 Å². The molecule has 0 aliphatic rings. The van der Waals surface area contributed by atoms with Gasteiger partial charge >= 0.3 is 0 Å². The minimum atomic E-state index is 0.576. The molecule has 0 fully saturated rings. The molecule has 1 nitrogen and oxygen atoms in total. The van der Waals surface area contributed by atoms with Crippen LogP contribution in [0.15, 0.2) is 97.1 Å². The van der Waals surface area contributed by atoms with E-state index in [-0.39, 0.29) is 0 Å². The first-order valence-corrected chi connectivity index (χ1v) is 10.4. The molecule has 5 aromatic rings. The number of aromatic nitrogens is 1. The van der Waals surface area contributed by atoms with Crippen LogP contribution in [0, 0.1) is 0 Å². The van der Waals surface area contributed by atoms with E-state index < -0.39 is 0 Å². The maximum atomic E-state index is 2.39. The highest BCUT2D eigenvalue weighted by Gasteiger charge is 2.14. The molecule has 1 unspecified atom stereocenters. The van der Waals surface area contributed by atoms with Crippen molar-refractivity contribution < 1.29 is 0 Å². The van der Waals surface area contributed by atoms with E-state index in [0.29, 0.717) is 5.92 Å². The van der Waals surface area contributed by atoms with E-state index in [1.54, 1.807) is 0 Å². The zero-order valence-electron chi connectivity index (χ0n) is 17.0. The molecule has 0 saturated heterocycles. The van der Waals surface area contributed by atoms with Crippen molar-refractivity contribution in [2.75, 3.05) is 0 Å². The first-order chi connectivity index (χ1) is 14.3. The van der Waals surface area contributed by atoms with E-state index in [4.69, 9.17) is 0 Å². The third kappa shape index (κ3) is 3.03. The molecule has 1 heteroatoms. The molecule has 0 amide bonds. The highest BCUT2D eigenvalue weighted by Crippen LogP contribution is 2.34. The van der Waals surface area contributed by atoms with Gasteiger partial charge in [-0.25, -0.2) is 0 Å². The summed E-state index contributed by atoms with van der Waals surface area (Å²) in [6.07, 6.45) is 1.16. The summed E-state index contributed by atoms with van der Waals surface area (Å²) in [6, 6.07) is 35.2. The fourth-order valence-corrected chi connectivity index (χ4v) is 4.24. The number of hydrogen-bond donors (Lipinski definition) is 0. The minimum absolute atomic E-state index is 0.576. The van der Waals surface area contributed by atoms with Gasteiger partial charge in [-0.05, 0) is 59.4 Å². The zero-order valence-corrected chi connectivity index (χ0v) is 17.0. The molecular formula is C28H25N. The number of fused-ring (bicyclic) bond motifs is 3. The number of para-hydroxylation sites is 1. The van der Waals surface area contributed by atoms with Gasteiger partial charge in [0.2, 0.25) is 0 Å². The summed E-state index contributed by atoms with van der Waals surface area (Å²) >= 11 is 0. The van der Waals surface area contributed by atoms with Crippen molar-refractivity contribution in [3.05, 3.63) is 103 Å². The molecule has 0 aliphatic heterocycles. The molecule has 0 N–H and O–H groups in total. The highest BCUT2D eigenvalue weighted by atomic mass is 15.0. The van der Waals surface area contributed by atoms with Crippen LogP contribution in [0.2, 0.25) is 0 Å². The van der Waals surface area contributed by atoms with Crippen LogP contribution in [0.1, 0.15) is 31.7 Å². The number of benzene rings is 4. The molecule has 0 radical (unpaired) electrons. The van der Waals surface area contributed by atoms with Gasteiger partial charge in [0, 0.05) is 16.5 Å². The predicted octanol–water partition coefficient (Wildman–Crippen LogP) is 7.96. The van der Waals surface area contributed by atoms with Gasteiger partial charge in [0.05, 0.1) is 11.0 Å². The van der Waals surface area contributed by atoms with Crippen LogP contribution in [0.3, 0.4) is 0 Å². The van der Waals surface area contributed by atoms with Crippen molar-refractivity contribution in [2.24, 2.45) is 0 Å². The largest absolute Gasteiger partial charge is 0.309 e. The summed E-state index contributed by atoms with van der Waals surface area (Å²) in [5, 5.41) is 2.66. The standard InChI is InChI=1S/C28H25N/c1-3-20(2)23-15-18-28-26(19-23)25-11-7-8-12-27(25)29(28)24-16-13-22(14-17-24)21-9-5-4-6-10-21/h4-20H,3H2,1-2H3. The second kappa shape index (κ2) is 7.25. The van der Waals surface area contributed by atoms with Gasteiger partial charge < -0.3 is 4.57 Å². The molecule has 0 bridgehead atoms. The lowest BCUT2D eigenvalue weighted by molar-refractivity contribution is 0.735. The van der Waals surface area contributed by atoms with Gasteiger partial charge in [-0.15, -0.1) is 0 Å².